The van der Waals surface area contributed by atoms with Gasteiger partial charge >= 0.3 is 0 Å². The van der Waals surface area contributed by atoms with Crippen molar-refractivity contribution >= 4 is 39.1 Å². The van der Waals surface area contributed by atoms with E-state index in [1.807, 2.05) is 65.8 Å². The Bertz CT molecular complexity index is 1470. The molecule has 0 heterocycles. The van der Waals surface area contributed by atoms with E-state index in [2.05, 4.69) is 5.32 Å². The molecule has 0 fully saturated rings. The summed E-state index contributed by atoms with van der Waals surface area (Å²) in [7, 11) is -4.16. The van der Waals surface area contributed by atoms with E-state index in [9.17, 15) is 18.0 Å². The molecule has 0 aliphatic carbocycles. The second kappa shape index (κ2) is 14.0. The number of hydrogen-bond acceptors (Lipinski definition) is 4. The number of halogens is 1. The van der Waals surface area contributed by atoms with E-state index in [0.717, 1.165) is 33.0 Å². The number of nitrogens with one attached hydrogen (secondary N) is 1. The molecule has 7 nitrogen and oxygen atoms in total. The fourth-order valence-electron chi connectivity index (χ4n) is 4.43. The van der Waals surface area contributed by atoms with E-state index in [-0.39, 0.29) is 29.1 Å². The van der Waals surface area contributed by atoms with Gasteiger partial charge in [-0.15, -0.1) is 0 Å². The van der Waals surface area contributed by atoms with Gasteiger partial charge < -0.3 is 10.2 Å². The summed E-state index contributed by atoms with van der Waals surface area (Å²) >= 11 is 6.41. The molecule has 0 spiro atoms. The van der Waals surface area contributed by atoms with Crippen molar-refractivity contribution < 1.29 is 18.0 Å². The zero-order valence-electron chi connectivity index (χ0n) is 24.6. The second-order valence-electron chi connectivity index (χ2n) is 10.4. The molecule has 41 heavy (non-hydrogen) atoms. The molecule has 0 unspecified atom stereocenters. The van der Waals surface area contributed by atoms with Gasteiger partial charge in [-0.2, -0.15) is 0 Å². The molecule has 3 rings (SSSR count). The van der Waals surface area contributed by atoms with Crippen molar-refractivity contribution in [3.63, 3.8) is 0 Å². The Labute approximate surface area is 249 Å². The molecule has 0 radical (unpaired) electrons. The van der Waals surface area contributed by atoms with Gasteiger partial charge in [0.2, 0.25) is 11.8 Å². The molecule has 3 aromatic rings. The molecule has 0 saturated carbocycles. The average molecular weight is 598 g/mol. The van der Waals surface area contributed by atoms with Gasteiger partial charge in [0.1, 0.15) is 12.6 Å². The van der Waals surface area contributed by atoms with Gasteiger partial charge in [0.25, 0.3) is 10.0 Å². The van der Waals surface area contributed by atoms with Crippen LogP contribution < -0.4 is 9.62 Å². The maximum Gasteiger partial charge on any atom is 0.264 e. The Hall–Kier alpha value is -3.36. The number of anilines is 1. The molecular formula is C32H40ClN3O4S. The van der Waals surface area contributed by atoms with Crippen molar-refractivity contribution in [2.75, 3.05) is 10.8 Å². The first-order chi connectivity index (χ1) is 19.4. The molecule has 2 atom stereocenters. The SMILES string of the molecule is CC[C@H](C)NC(=O)[C@H](CC)N(Cc1ccccc1C)C(=O)CN(c1ccc(C)c(Cl)c1)S(=O)(=O)c1ccc(C)cc1. The van der Waals surface area contributed by atoms with Crippen LogP contribution in [0.5, 0.6) is 0 Å². The third-order valence-corrected chi connectivity index (χ3v) is 9.52. The molecule has 0 saturated heterocycles. The van der Waals surface area contributed by atoms with Crippen LogP contribution in [0.4, 0.5) is 5.69 Å². The lowest BCUT2D eigenvalue weighted by atomic mass is 10.1. The Morgan fingerprint density at radius 2 is 1.56 bits per heavy atom. The Kier molecular flexibility index (Phi) is 11.0. The molecule has 2 amide bonds. The topological polar surface area (TPSA) is 86.8 Å². The maximum absolute atomic E-state index is 14.2. The number of carbonyl (C=O) groups is 2. The number of rotatable bonds is 12. The van der Waals surface area contributed by atoms with Crippen LogP contribution >= 0.6 is 11.6 Å². The zero-order valence-corrected chi connectivity index (χ0v) is 26.2. The molecule has 0 aliphatic rings. The van der Waals surface area contributed by atoms with Crippen LogP contribution in [0.2, 0.25) is 5.02 Å². The number of sulfonamides is 1. The van der Waals surface area contributed by atoms with Crippen LogP contribution in [0.15, 0.2) is 71.6 Å². The van der Waals surface area contributed by atoms with Crippen LogP contribution in [0, 0.1) is 20.8 Å². The average Bonchev–Trinajstić information content (AvgIpc) is 2.94. The third kappa shape index (κ3) is 7.89. The molecular weight excluding hydrogens is 558 g/mol. The first kappa shape index (κ1) is 32.2. The highest BCUT2D eigenvalue weighted by molar-refractivity contribution is 7.92. The van der Waals surface area contributed by atoms with Crippen LogP contribution in [0.25, 0.3) is 0 Å². The minimum Gasteiger partial charge on any atom is -0.352 e. The largest absolute Gasteiger partial charge is 0.352 e. The predicted octanol–water partition coefficient (Wildman–Crippen LogP) is 6.18. The van der Waals surface area contributed by atoms with Gasteiger partial charge in [-0.05, 0) is 81.5 Å². The van der Waals surface area contributed by atoms with Crippen molar-refractivity contribution in [3.8, 4) is 0 Å². The summed E-state index contributed by atoms with van der Waals surface area (Å²) in [6.45, 7) is 11.0. The first-order valence-electron chi connectivity index (χ1n) is 13.9. The minimum absolute atomic E-state index is 0.0552. The summed E-state index contributed by atoms with van der Waals surface area (Å²) < 4.78 is 29.1. The second-order valence-corrected chi connectivity index (χ2v) is 12.7. The van der Waals surface area contributed by atoms with Gasteiger partial charge in [-0.3, -0.25) is 13.9 Å². The van der Waals surface area contributed by atoms with E-state index >= 15 is 0 Å². The van der Waals surface area contributed by atoms with Crippen molar-refractivity contribution in [2.24, 2.45) is 0 Å². The van der Waals surface area contributed by atoms with E-state index in [4.69, 9.17) is 11.6 Å². The number of amides is 2. The van der Waals surface area contributed by atoms with Crippen LogP contribution in [-0.2, 0) is 26.2 Å². The van der Waals surface area contributed by atoms with E-state index in [1.165, 1.54) is 17.0 Å². The quantitative estimate of drug-likeness (QED) is 0.270. The van der Waals surface area contributed by atoms with Gasteiger partial charge in [0.05, 0.1) is 10.6 Å². The van der Waals surface area contributed by atoms with E-state index in [1.54, 1.807) is 30.3 Å². The van der Waals surface area contributed by atoms with Gasteiger partial charge in [-0.1, -0.05) is 73.5 Å². The summed E-state index contributed by atoms with van der Waals surface area (Å²) in [4.78, 5) is 29.1. The minimum atomic E-state index is -4.16. The molecule has 0 bridgehead atoms. The molecule has 0 aromatic heterocycles. The number of aryl methyl sites for hydroxylation is 3. The number of nitrogens with zero attached hydrogens (tertiary/aromatic N) is 2. The smallest absolute Gasteiger partial charge is 0.264 e. The fourth-order valence-corrected chi connectivity index (χ4v) is 6.02. The number of hydrogen-bond donors (Lipinski definition) is 1. The molecule has 220 valence electrons. The van der Waals surface area contributed by atoms with Gasteiger partial charge in [-0.25, -0.2) is 8.42 Å². The monoisotopic (exact) mass is 597 g/mol. The summed E-state index contributed by atoms with van der Waals surface area (Å²) in [5.41, 5.74) is 3.80. The van der Waals surface area contributed by atoms with Crippen molar-refractivity contribution in [1.82, 2.24) is 10.2 Å². The van der Waals surface area contributed by atoms with Crippen LogP contribution in [0.3, 0.4) is 0 Å². The Balaban J connectivity index is 2.10. The van der Waals surface area contributed by atoms with Crippen molar-refractivity contribution in [1.29, 1.82) is 0 Å². The first-order valence-corrected chi connectivity index (χ1v) is 15.7. The van der Waals surface area contributed by atoms with E-state index in [0.29, 0.717) is 11.4 Å². The summed E-state index contributed by atoms with van der Waals surface area (Å²) in [6, 6.07) is 18.2. The third-order valence-electron chi connectivity index (χ3n) is 7.32. The van der Waals surface area contributed by atoms with Crippen molar-refractivity contribution in [2.45, 2.75) is 77.9 Å². The highest BCUT2D eigenvalue weighted by Crippen LogP contribution is 2.29. The molecule has 3 aromatic carbocycles. The molecule has 1 N–H and O–H groups in total. The van der Waals surface area contributed by atoms with E-state index < -0.39 is 28.5 Å². The normalized spacial score (nSPS) is 12.9. The number of benzene rings is 3. The summed E-state index contributed by atoms with van der Waals surface area (Å²) in [5.74, 6) is -0.762. The molecule has 0 aliphatic heterocycles. The van der Waals surface area contributed by atoms with Crippen molar-refractivity contribution in [3.05, 3.63) is 94.0 Å². The van der Waals surface area contributed by atoms with Crippen LogP contribution in [0.1, 0.15) is 55.9 Å². The Morgan fingerprint density at radius 1 is 0.902 bits per heavy atom. The van der Waals surface area contributed by atoms with Gasteiger partial charge in [0.15, 0.2) is 0 Å². The number of carbonyl (C=O) groups excluding carboxylic acids is 2. The highest BCUT2D eigenvalue weighted by Gasteiger charge is 2.34. The predicted molar refractivity (Wildman–Crippen MR) is 166 cm³/mol. The lowest BCUT2D eigenvalue weighted by molar-refractivity contribution is -0.140. The Morgan fingerprint density at radius 3 is 2.15 bits per heavy atom. The summed E-state index contributed by atoms with van der Waals surface area (Å²) in [5, 5.41) is 3.38. The summed E-state index contributed by atoms with van der Waals surface area (Å²) in [6.07, 6.45) is 1.10. The van der Waals surface area contributed by atoms with Gasteiger partial charge in [0, 0.05) is 17.6 Å². The lowest BCUT2D eigenvalue weighted by Crippen LogP contribution is -2.53. The zero-order chi connectivity index (χ0) is 30.3. The standard InChI is InChI=1S/C32H40ClN3O4S/c1-7-25(6)34-32(38)30(8-2)35(20-26-12-10-9-11-23(26)4)31(37)21-36(27-16-15-24(5)29(33)19-27)41(39,40)28-17-13-22(3)14-18-28/h9-19,25,30H,7-8,20-21H2,1-6H3,(H,34,38)/t25-,30-/m0/s1. The highest BCUT2D eigenvalue weighted by atomic mass is 35.5. The molecule has 9 heteroatoms. The van der Waals surface area contributed by atoms with Crippen LogP contribution in [-0.4, -0.2) is 43.8 Å². The maximum atomic E-state index is 14.2. The lowest BCUT2D eigenvalue weighted by Gasteiger charge is -2.34. The fraction of sp³-hybridized carbons (Fsp3) is 0.375.